The second kappa shape index (κ2) is 5.72. The van der Waals surface area contributed by atoms with Crippen molar-refractivity contribution in [3.05, 3.63) is 28.7 Å². The van der Waals surface area contributed by atoms with Crippen LogP contribution < -0.4 is 0 Å². The zero-order valence-electron chi connectivity index (χ0n) is 13.8. The maximum atomic E-state index is 5.95. The highest BCUT2D eigenvalue weighted by Crippen LogP contribution is 2.36. The predicted octanol–water partition coefficient (Wildman–Crippen LogP) is 2.13. The fourth-order valence-corrected chi connectivity index (χ4v) is 3.82. The number of aromatic nitrogens is 3. The monoisotopic (exact) mass is 318 g/mol. The maximum Gasteiger partial charge on any atom is 0.231 e. The first kappa shape index (κ1) is 14.8. The minimum absolute atomic E-state index is 0.219. The Kier molecular flexibility index (Phi) is 3.69. The van der Waals surface area contributed by atoms with Crippen LogP contribution in [-0.4, -0.2) is 45.5 Å². The van der Waals surface area contributed by atoms with Gasteiger partial charge in [-0.3, -0.25) is 4.90 Å². The smallest absolute Gasteiger partial charge is 0.231 e. The molecule has 7 heteroatoms. The number of aryl methyl sites for hydroxylation is 3. The Balaban J connectivity index is 1.58. The van der Waals surface area contributed by atoms with E-state index in [1.807, 2.05) is 20.8 Å². The Bertz CT molecular complexity index is 676. The molecule has 2 fully saturated rings. The number of rotatable bonds is 3. The predicted molar refractivity (Wildman–Crippen MR) is 80.9 cm³/mol. The van der Waals surface area contributed by atoms with Gasteiger partial charge in [0.15, 0.2) is 5.82 Å². The van der Waals surface area contributed by atoms with Gasteiger partial charge < -0.3 is 13.8 Å². The molecular formula is C16H22N4O3. The van der Waals surface area contributed by atoms with Crippen LogP contribution in [0.2, 0.25) is 0 Å². The second-order valence-electron chi connectivity index (χ2n) is 6.61. The average Bonchev–Trinajstić information content (AvgIpc) is 3.23. The van der Waals surface area contributed by atoms with Crippen LogP contribution in [-0.2, 0) is 11.3 Å². The molecule has 2 aliphatic heterocycles. The van der Waals surface area contributed by atoms with E-state index in [2.05, 4.69) is 20.2 Å². The van der Waals surface area contributed by atoms with E-state index in [1.165, 1.54) is 5.56 Å². The van der Waals surface area contributed by atoms with E-state index in [-0.39, 0.29) is 12.0 Å². The third-order valence-electron chi connectivity index (χ3n) is 5.05. The Morgan fingerprint density at radius 3 is 2.74 bits per heavy atom. The molecule has 3 atom stereocenters. The lowest BCUT2D eigenvalue weighted by Gasteiger charge is -2.39. The number of hydrogen-bond donors (Lipinski definition) is 0. The van der Waals surface area contributed by atoms with Crippen LogP contribution in [0.3, 0.4) is 0 Å². The molecule has 124 valence electrons. The Morgan fingerprint density at radius 1 is 1.17 bits per heavy atom. The minimum atomic E-state index is 0.219. The van der Waals surface area contributed by atoms with Crippen LogP contribution in [0.5, 0.6) is 0 Å². The fourth-order valence-electron chi connectivity index (χ4n) is 3.82. The number of nitrogens with zero attached hydrogens (tertiary/aromatic N) is 4. The molecule has 0 aromatic carbocycles. The largest absolute Gasteiger partial charge is 0.377 e. The van der Waals surface area contributed by atoms with Crippen LogP contribution in [0.1, 0.15) is 47.5 Å². The van der Waals surface area contributed by atoms with Gasteiger partial charge in [-0.15, -0.1) is 0 Å². The first-order chi connectivity index (χ1) is 11.1. The van der Waals surface area contributed by atoms with Gasteiger partial charge in [-0.05, 0) is 33.6 Å². The zero-order chi connectivity index (χ0) is 16.0. The SMILES string of the molecule is Cc1noc([C@H]2C[C@H]3OCC[C@H]3N(Cc3c(C)noc3C)C2)n1. The number of likely N-dealkylation sites (tertiary alicyclic amines) is 1. The summed E-state index contributed by atoms with van der Waals surface area (Å²) < 4.78 is 16.7. The van der Waals surface area contributed by atoms with Crippen molar-refractivity contribution in [2.75, 3.05) is 13.2 Å². The number of piperidine rings is 1. The molecule has 7 nitrogen and oxygen atoms in total. The van der Waals surface area contributed by atoms with Gasteiger partial charge in [-0.2, -0.15) is 4.98 Å². The van der Waals surface area contributed by atoms with Gasteiger partial charge in [0.25, 0.3) is 0 Å². The topological polar surface area (TPSA) is 77.4 Å². The lowest BCUT2D eigenvalue weighted by molar-refractivity contribution is 0.00825. The van der Waals surface area contributed by atoms with Gasteiger partial charge in [-0.25, -0.2) is 0 Å². The molecule has 0 N–H and O–H groups in total. The maximum absolute atomic E-state index is 5.95. The van der Waals surface area contributed by atoms with E-state index in [4.69, 9.17) is 13.8 Å². The molecule has 2 aromatic rings. The van der Waals surface area contributed by atoms with E-state index in [0.717, 1.165) is 49.9 Å². The van der Waals surface area contributed by atoms with E-state index in [0.29, 0.717) is 11.9 Å². The van der Waals surface area contributed by atoms with Crippen LogP contribution in [0, 0.1) is 20.8 Å². The highest BCUT2D eigenvalue weighted by Gasteiger charge is 2.42. The summed E-state index contributed by atoms with van der Waals surface area (Å²) in [7, 11) is 0. The van der Waals surface area contributed by atoms with Crippen LogP contribution in [0.4, 0.5) is 0 Å². The lowest BCUT2D eigenvalue weighted by atomic mass is 9.89. The van der Waals surface area contributed by atoms with Crippen LogP contribution in [0.25, 0.3) is 0 Å². The third-order valence-corrected chi connectivity index (χ3v) is 5.05. The summed E-state index contributed by atoms with van der Waals surface area (Å²) in [4.78, 5) is 6.89. The number of ether oxygens (including phenoxy) is 1. The van der Waals surface area contributed by atoms with Crippen molar-refractivity contribution < 1.29 is 13.8 Å². The van der Waals surface area contributed by atoms with E-state index >= 15 is 0 Å². The Morgan fingerprint density at radius 2 is 2.04 bits per heavy atom. The Hall–Kier alpha value is -1.73. The minimum Gasteiger partial charge on any atom is -0.377 e. The Labute approximate surface area is 135 Å². The summed E-state index contributed by atoms with van der Waals surface area (Å²) in [6.45, 7) is 8.37. The summed E-state index contributed by atoms with van der Waals surface area (Å²) in [6.07, 6.45) is 2.26. The molecule has 2 saturated heterocycles. The van der Waals surface area contributed by atoms with Crippen molar-refractivity contribution in [3.8, 4) is 0 Å². The van der Waals surface area contributed by atoms with E-state index in [9.17, 15) is 0 Å². The summed E-state index contributed by atoms with van der Waals surface area (Å²) in [5, 5.41) is 8.01. The van der Waals surface area contributed by atoms with Gasteiger partial charge in [0.2, 0.25) is 5.89 Å². The van der Waals surface area contributed by atoms with E-state index in [1.54, 1.807) is 0 Å². The molecule has 0 unspecified atom stereocenters. The lowest BCUT2D eigenvalue weighted by Crippen LogP contribution is -2.48. The molecule has 4 rings (SSSR count). The van der Waals surface area contributed by atoms with Gasteiger partial charge in [0, 0.05) is 31.3 Å². The number of hydrogen-bond acceptors (Lipinski definition) is 7. The van der Waals surface area contributed by atoms with Gasteiger partial charge in [-0.1, -0.05) is 10.3 Å². The highest BCUT2D eigenvalue weighted by molar-refractivity contribution is 5.21. The van der Waals surface area contributed by atoms with Crippen LogP contribution in [0.15, 0.2) is 9.05 Å². The zero-order valence-corrected chi connectivity index (χ0v) is 13.8. The summed E-state index contributed by atoms with van der Waals surface area (Å²) in [5.74, 6) is 2.52. The first-order valence-electron chi connectivity index (χ1n) is 8.19. The van der Waals surface area contributed by atoms with Crippen molar-refractivity contribution in [3.63, 3.8) is 0 Å². The molecule has 0 amide bonds. The van der Waals surface area contributed by atoms with E-state index < -0.39 is 0 Å². The van der Waals surface area contributed by atoms with Crippen LogP contribution >= 0.6 is 0 Å². The molecular weight excluding hydrogens is 296 g/mol. The van der Waals surface area contributed by atoms with Crippen molar-refractivity contribution >= 4 is 0 Å². The average molecular weight is 318 g/mol. The molecule has 2 aromatic heterocycles. The summed E-state index contributed by atoms with van der Waals surface area (Å²) in [5.41, 5.74) is 2.15. The van der Waals surface area contributed by atoms with Gasteiger partial charge >= 0.3 is 0 Å². The second-order valence-corrected chi connectivity index (χ2v) is 6.61. The molecule has 4 heterocycles. The van der Waals surface area contributed by atoms with Crippen molar-refractivity contribution in [2.45, 2.75) is 58.2 Å². The van der Waals surface area contributed by atoms with Gasteiger partial charge in [0.05, 0.1) is 17.7 Å². The molecule has 2 aliphatic rings. The normalized spacial score (nSPS) is 28.2. The molecule has 0 radical (unpaired) electrons. The standard InChI is InChI=1S/C16H22N4O3/c1-9-13(10(2)22-18-9)8-20-7-12(16-17-11(3)19-23-16)6-15-14(20)4-5-21-15/h12,14-15H,4-8H2,1-3H3/t12-,14+,15+/m0/s1. The summed E-state index contributed by atoms with van der Waals surface area (Å²) >= 11 is 0. The highest BCUT2D eigenvalue weighted by atomic mass is 16.5. The first-order valence-corrected chi connectivity index (χ1v) is 8.19. The van der Waals surface area contributed by atoms with Crippen molar-refractivity contribution in [2.24, 2.45) is 0 Å². The number of fused-ring (bicyclic) bond motifs is 1. The molecule has 0 spiro atoms. The molecule has 23 heavy (non-hydrogen) atoms. The molecule has 0 bridgehead atoms. The van der Waals surface area contributed by atoms with Gasteiger partial charge in [0.1, 0.15) is 5.76 Å². The molecule has 0 aliphatic carbocycles. The molecule has 0 saturated carbocycles. The summed E-state index contributed by atoms with van der Waals surface area (Å²) in [6, 6.07) is 0.448. The fraction of sp³-hybridized carbons (Fsp3) is 0.688. The third kappa shape index (κ3) is 2.68. The quantitative estimate of drug-likeness (QED) is 0.858. The van der Waals surface area contributed by atoms with Crippen molar-refractivity contribution in [1.82, 2.24) is 20.2 Å². The van der Waals surface area contributed by atoms with Crippen molar-refractivity contribution in [1.29, 1.82) is 0 Å².